The number of carbonyl (C=O) groups is 1. The monoisotopic (exact) mass is 202 g/mol. The molecule has 2 rings (SSSR count). The van der Waals surface area contributed by atoms with Crippen LogP contribution >= 0.6 is 0 Å². The lowest BCUT2D eigenvalue weighted by molar-refractivity contribution is 0.0989. The number of furan rings is 1. The van der Waals surface area contributed by atoms with Crippen molar-refractivity contribution < 1.29 is 9.21 Å². The molecule has 0 amide bonds. The number of hydrogen-bond donors (Lipinski definition) is 0. The van der Waals surface area contributed by atoms with Gasteiger partial charge in [-0.05, 0) is 43.5 Å². The molecule has 78 valence electrons. The molecule has 0 atom stereocenters. The summed E-state index contributed by atoms with van der Waals surface area (Å²) in [5.41, 5.74) is 4.31. The zero-order chi connectivity index (χ0) is 11.2. The topological polar surface area (TPSA) is 30.2 Å². The van der Waals surface area contributed by atoms with E-state index in [-0.39, 0.29) is 5.78 Å². The van der Waals surface area contributed by atoms with Gasteiger partial charge in [0.2, 0.25) is 0 Å². The average Bonchev–Trinajstić information content (AvgIpc) is 2.59. The van der Waals surface area contributed by atoms with Gasteiger partial charge in [0.15, 0.2) is 11.5 Å². The summed E-state index contributed by atoms with van der Waals surface area (Å²) in [6.07, 6.45) is 0. The van der Waals surface area contributed by atoms with Gasteiger partial charge in [-0.2, -0.15) is 0 Å². The highest BCUT2D eigenvalue weighted by molar-refractivity contribution is 5.97. The van der Waals surface area contributed by atoms with Crippen molar-refractivity contribution in [2.45, 2.75) is 27.7 Å². The standard InChI is InChI=1S/C13H14O2/c1-7-5-8(2)11-6-12(10(4)14)15-13(11)9(7)3/h5-6H,1-4H3. The first-order valence-corrected chi connectivity index (χ1v) is 5.02. The van der Waals surface area contributed by atoms with Crippen LogP contribution in [0, 0.1) is 20.8 Å². The minimum atomic E-state index is -0.0253. The van der Waals surface area contributed by atoms with Crippen LogP contribution in [0.1, 0.15) is 34.2 Å². The highest BCUT2D eigenvalue weighted by Crippen LogP contribution is 2.28. The van der Waals surface area contributed by atoms with E-state index < -0.39 is 0 Å². The first-order valence-electron chi connectivity index (χ1n) is 5.02. The van der Waals surface area contributed by atoms with Crippen molar-refractivity contribution >= 4 is 16.8 Å². The first-order chi connectivity index (χ1) is 7.00. The molecule has 0 radical (unpaired) electrons. The number of carbonyl (C=O) groups excluding carboxylic acids is 1. The lowest BCUT2D eigenvalue weighted by Gasteiger charge is -2.02. The molecule has 0 aliphatic carbocycles. The van der Waals surface area contributed by atoms with Gasteiger partial charge in [-0.1, -0.05) is 6.07 Å². The number of Topliss-reactive ketones (excluding diaryl/α,β-unsaturated/α-hetero) is 1. The van der Waals surface area contributed by atoms with Crippen LogP contribution in [-0.2, 0) is 0 Å². The molecule has 0 aliphatic heterocycles. The largest absolute Gasteiger partial charge is 0.453 e. The van der Waals surface area contributed by atoms with E-state index in [1.54, 1.807) is 0 Å². The Morgan fingerprint density at radius 1 is 1.13 bits per heavy atom. The Labute approximate surface area is 88.9 Å². The van der Waals surface area contributed by atoms with E-state index in [0.29, 0.717) is 5.76 Å². The Hall–Kier alpha value is -1.57. The third-order valence-electron chi connectivity index (χ3n) is 2.87. The second-order valence-electron chi connectivity index (χ2n) is 4.04. The molecule has 1 heterocycles. The van der Waals surface area contributed by atoms with Crippen LogP contribution in [0.25, 0.3) is 11.0 Å². The first kappa shape index (κ1) is 9.97. The molecule has 0 spiro atoms. The minimum Gasteiger partial charge on any atom is -0.453 e. The molecule has 0 unspecified atom stereocenters. The van der Waals surface area contributed by atoms with Crippen molar-refractivity contribution in [1.29, 1.82) is 0 Å². The van der Waals surface area contributed by atoms with E-state index in [2.05, 4.69) is 13.0 Å². The van der Waals surface area contributed by atoms with Crippen LogP contribution in [0.4, 0.5) is 0 Å². The molecular weight excluding hydrogens is 188 g/mol. The molecule has 0 bridgehead atoms. The van der Waals surface area contributed by atoms with E-state index >= 15 is 0 Å². The molecule has 2 heteroatoms. The number of hydrogen-bond acceptors (Lipinski definition) is 2. The van der Waals surface area contributed by atoms with Crippen LogP contribution < -0.4 is 0 Å². The fourth-order valence-electron chi connectivity index (χ4n) is 1.83. The molecule has 2 aromatic rings. The maximum Gasteiger partial charge on any atom is 0.194 e. The maximum atomic E-state index is 11.2. The summed E-state index contributed by atoms with van der Waals surface area (Å²) in [6, 6.07) is 3.95. The number of fused-ring (bicyclic) bond motifs is 1. The molecule has 1 aromatic heterocycles. The van der Waals surface area contributed by atoms with Gasteiger partial charge in [0, 0.05) is 12.3 Å². The van der Waals surface area contributed by atoms with Gasteiger partial charge in [0.05, 0.1) is 0 Å². The predicted octanol–water partition coefficient (Wildman–Crippen LogP) is 3.56. The SMILES string of the molecule is CC(=O)c1cc2c(C)cc(C)c(C)c2o1. The molecule has 0 N–H and O–H groups in total. The Bertz CT molecular complexity index is 547. The van der Waals surface area contributed by atoms with Crippen LogP contribution in [0.3, 0.4) is 0 Å². The lowest BCUT2D eigenvalue weighted by Crippen LogP contribution is -1.85. The average molecular weight is 202 g/mol. The van der Waals surface area contributed by atoms with Crippen LogP contribution in [-0.4, -0.2) is 5.78 Å². The van der Waals surface area contributed by atoms with E-state index in [0.717, 1.165) is 22.1 Å². The van der Waals surface area contributed by atoms with Gasteiger partial charge >= 0.3 is 0 Å². The Morgan fingerprint density at radius 2 is 1.80 bits per heavy atom. The van der Waals surface area contributed by atoms with E-state index in [9.17, 15) is 4.79 Å². The Balaban J connectivity index is 2.85. The summed E-state index contributed by atoms with van der Waals surface area (Å²) in [5.74, 6) is 0.421. The third kappa shape index (κ3) is 1.46. The van der Waals surface area contributed by atoms with Gasteiger partial charge in [0.25, 0.3) is 0 Å². The summed E-state index contributed by atoms with van der Waals surface area (Å²) in [5, 5.41) is 1.04. The molecular formula is C13H14O2. The predicted molar refractivity (Wildman–Crippen MR) is 60.4 cm³/mol. The second kappa shape index (κ2) is 3.23. The zero-order valence-corrected chi connectivity index (χ0v) is 9.47. The summed E-state index contributed by atoms with van der Waals surface area (Å²) < 4.78 is 5.57. The fraction of sp³-hybridized carbons (Fsp3) is 0.308. The molecule has 0 fully saturated rings. The van der Waals surface area contributed by atoms with Crippen molar-refractivity contribution in [1.82, 2.24) is 0 Å². The van der Waals surface area contributed by atoms with Gasteiger partial charge in [-0.3, -0.25) is 4.79 Å². The van der Waals surface area contributed by atoms with E-state index in [1.807, 2.05) is 19.9 Å². The Morgan fingerprint density at radius 3 is 2.40 bits per heavy atom. The number of benzene rings is 1. The van der Waals surface area contributed by atoms with E-state index in [1.165, 1.54) is 12.5 Å². The minimum absolute atomic E-state index is 0.0253. The quantitative estimate of drug-likeness (QED) is 0.662. The smallest absolute Gasteiger partial charge is 0.194 e. The summed E-state index contributed by atoms with van der Waals surface area (Å²) >= 11 is 0. The summed E-state index contributed by atoms with van der Waals surface area (Å²) in [6.45, 7) is 7.63. The van der Waals surface area contributed by atoms with Gasteiger partial charge < -0.3 is 4.42 Å². The molecule has 0 saturated carbocycles. The van der Waals surface area contributed by atoms with Crippen molar-refractivity contribution in [3.05, 3.63) is 34.6 Å². The molecule has 0 aliphatic rings. The van der Waals surface area contributed by atoms with Crippen molar-refractivity contribution in [2.75, 3.05) is 0 Å². The number of aryl methyl sites for hydroxylation is 3. The van der Waals surface area contributed by atoms with Crippen LogP contribution in [0.5, 0.6) is 0 Å². The van der Waals surface area contributed by atoms with Crippen molar-refractivity contribution in [2.24, 2.45) is 0 Å². The van der Waals surface area contributed by atoms with Gasteiger partial charge in [-0.25, -0.2) is 0 Å². The van der Waals surface area contributed by atoms with Crippen molar-refractivity contribution in [3.63, 3.8) is 0 Å². The lowest BCUT2D eigenvalue weighted by atomic mass is 10.0. The molecule has 2 nitrogen and oxygen atoms in total. The summed E-state index contributed by atoms with van der Waals surface area (Å²) in [4.78, 5) is 11.2. The highest BCUT2D eigenvalue weighted by atomic mass is 16.3. The van der Waals surface area contributed by atoms with Crippen LogP contribution in [0.15, 0.2) is 16.5 Å². The van der Waals surface area contributed by atoms with Gasteiger partial charge in [0.1, 0.15) is 5.58 Å². The number of rotatable bonds is 1. The fourth-order valence-corrected chi connectivity index (χ4v) is 1.83. The second-order valence-corrected chi connectivity index (χ2v) is 4.04. The van der Waals surface area contributed by atoms with Gasteiger partial charge in [-0.15, -0.1) is 0 Å². The van der Waals surface area contributed by atoms with Crippen LogP contribution in [0.2, 0.25) is 0 Å². The van der Waals surface area contributed by atoms with E-state index in [4.69, 9.17) is 4.42 Å². The van der Waals surface area contributed by atoms with Crippen molar-refractivity contribution in [3.8, 4) is 0 Å². The molecule has 15 heavy (non-hydrogen) atoms. The molecule has 0 saturated heterocycles. The maximum absolute atomic E-state index is 11.2. The Kier molecular flexibility index (Phi) is 2.14. The normalized spacial score (nSPS) is 10.9. The highest BCUT2D eigenvalue weighted by Gasteiger charge is 2.12. The third-order valence-corrected chi connectivity index (χ3v) is 2.87. The molecule has 1 aromatic carbocycles. The summed E-state index contributed by atoms with van der Waals surface area (Å²) in [7, 11) is 0. The number of ketones is 1. The zero-order valence-electron chi connectivity index (χ0n) is 9.47.